The van der Waals surface area contributed by atoms with E-state index in [4.69, 9.17) is 11.6 Å². The monoisotopic (exact) mass is 344 g/mol. The molecule has 8 heteroatoms. The maximum Gasteiger partial charge on any atom is 0.433 e. The van der Waals surface area contributed by atoms with Crippen LogP contribution in [0.4, 0.5) is 30.6 Å². The van der Waals surface area contributed by atoms with E-state index in [1.807, 2.05) is 0 Å². The second kappa shape index (κ2) is 6.23. The van der Waals surface area contributed by atoms with Gasteiger partial charge in [-0.15, -0.1) is 0 Å². The van der Waals surface area contributed by atoms with Crippen LogP contribution in [0.15, 0.2) is 30.3 Å². The molecule has 0 aliphatic carbocycles. The van der Waals surface area contributed by atoms with E-state index in [1.165, 1.54) is 0 Å². The maximum atomic E-state index is 13.0. The van der Waals surface area contributed by atoms with Gasteiger partial charge < -0.3 is 10.6 Å². The summed E-state index contributed by atoms with van der Waals surface area (Å²) in [4.78, 5) is 7.61. The minimum Gasteiger partial charge on any atom is -0.350 e. The van der Waals surface area contributed by atoms with Gasteiger partial charge in [-0.05, 0) is 32.9 Å². The van der Waals surface area contributed by atoms with Crippen molar-refractivity contribution in [2.24, 2.45) is 0 Å². The number of hydrogen-bond donors (Lipinski definition) is 2. The number of alkyl halides is 3. The average Bonchev–Trinajstić information content (AvgIpc) is 2.38. The molecule has 0 bridgehead atoms. The highest BCUT2D eigenvalue weighted by atomic mass is 35.5. The van der Waals surface area contributed by atoms with Crippen LogP contribution in [0.2, 0.25) is 5.02 Å². The molecule has 0 unspecified atom stereocenters. The number of anilines is 3. The second-order valence-corrected chi connectivity index (χ2v) is 6.35. The quantitative estimate of drug-likeness (QED) is 0.813. The summed E-state index contributed by atoms with van der Waals surface area (Å²) in [6.45, 7) is 5.41. The smallest absolute Gasteiger partial charge is 0.350 e. The van der Waals surface area contributed by atoms with Gasteiger partial charge in [0.05, 0.1) is 10.7 Å². The summed E-state index contributed by atoms with van der Waals surface area (Å²) in [7, 11) is 0. The minimum atomic E-state index is -4.58. The lowest BCUT2D eigenvalue weighted by molar-refractivity contribution is -0.141. The van der Waals surface area contributed by atoms with E-state index in [0.717, 1.165) is 6.07 Å². The van der Waals surface area contributed by atoms with Gasteiger partial charge >= 0.3 is 6.18 Å². The number of hydrogen-bond acceptors (Lipinski definition) is 4. The lowest BCUT2D eigenvalue weighted by atomic mass is 10.1. The Labute approximate surface area is 137 Å². The first-order chi connectivity index (χ1) is 10.5. The van der Waals surface area contributed by atoms with Gasteiger partial charge in [0.2, 0.25) is 5.95 Å². The topological polar surface area (TPSA) is 49.8 Å². The second-order valence-electron chi connectivity index (χ2n) is 5.94. The standard InChI is InChI=1S/C15H16ClF3N4/c1-14(2,3)23-13-21-11(15(17,18)19)8-12(22-13)20-10-7-5-4-6-9(10)16/h4-8H,1-3H3,(H2,20,21,22,23). The first kappa shape index (κ1) is 17.3. The highest BCUT2D eigenvalue weighted by molar-refractivity contribution is 6.33. The fourth-order valence-corrected chi connectivity index (χ4v) is 1.93. The van der Waals surface area contributed by atoms with Gasteiger partial charge in [0.15, 0.2) is 5.69 Å². The zero-order valence-corrected chi connectivity index (χ0v) is 13.5. The molecule has 0 amide bonds. The molecular formula is C15H16ClF3N4. The van der Waals surface area contributed by atoms with E-state index in [2.05, 4.69) is 20.6 Å². The van der Waals surface area contributed by atoms with Gasteiger partial charge in [0.1, 0.15) is 5.82 Å². The van der Waals surface area contributed by atoms with Crippen molar-refractivity contribution in [1.82, 2.24) is 9.97 Å². The first-order valence-corrected chi connectivity index (χ1v) is 7.18. The molecule has 0 aliphatic rings. The van der Waals surface area contributed by atoms with Crippen molar-refractivity contribution in [3.05, 3.63) is 41.0 Å². The van der Waals surface area contributed by atoms with Crippen molar-refractivity contribution < 1.29 is 13.2 Å². The van der Waals surface area contributed by atoms with Gasteiger partial charge in [-0.25, -0.2) is 4.98 Å². The molecule has 0 saturated carbocycles. The molecule has 23 heavy (non-hydrogen) atoms. The third kappa shape index (κ3) is 4.99. The summed E-state index contributed by atoms with van der Waals surface area (Å²) in [6, 6.07) is 7.56. The zero-order valence-electron chi connectivity index (χ0n) is 12.8. The normalized spacial score (nSPS) is 12.1. The highest BCUT2D eigenvalue weighted by Crippen LogP contribution is 2.32. The Balaban J connectivity index is 2.42. The maximum absolute atomic E-state index is 13.0. The summed E-state index contributed by atoms with van der Waals surface area (Å²) >= 11 is 6.01. The van der Waals surface area contributed by atoms with Gasteiger partial charge in [-0.1, -0.05) is 23.7 Å². The van der Waals surface area contributed by atoms with Crippen molar-refractivity contribution in [1.29, 1.82) is 0 Å². The van der Waals surface area contributed by atoms with Crippen LogP contribution in [-0.2, 0) is 6.18 Å². The van der Waals surface area contributed by atoms with Gasteiger partial charge in [0, 0.05) is 11.6 Å². The number of nitrogens with one attached hydrogen (secondary N) is 2. The Bertz CT molecular complexity index is 696. The summed E-state index contributed by atoms with van der Waals surface area (Å²) < 4.78 is 39.1. The molecule has 2 aromatic rings. The summed E-state index contributed by atoms with van der Waals surface area (Å²) in [5, 5.41) is 6.01. The largest absolute Gasteiger partial charge is 0.433 e. The van der Waals surface area contributed by atoms with Crippen LogP contribution in [0, 0.1) is 0 Å². The Morgan fingerprint density at radius 1 is 1.04 bits per heavy atom. The predicted octanol–water partition coefficient (Wildman–Crippen LogP) is 5.10. The Kier molecular flexibility index (Phi) is 4.70. The summed E-state index contributed by atoms with van der Waals surface area (Å²) in [5.41, 5.74) is -1.05. The SMILES string of the molecule is CC(C)(C)Nc1nc(Nc2ccccc2Cl)cc(C(F)(F)F)n1. The molecule has 2 rings (SSSR count). The number of halogens is 4. The summed E-state index contributed by atoms with van der Waals surface area (Å²) in [5.74, 6) is -0.103. The minimum absolute atomic E-state index is 0.00664. The van der Waals surface area contributed by atoms with Crippen LogP contribution in [-0.4, -0.2) is 15.5 Å². The Hall–Kier alpha value is -2.02. The van der Waals surface area contributed by atoms with Crippen LogP contribution >= 0.6 is 11.6 Å². The first-order valence-electron chi connectivity index (χ1n) is 6.81. The highest BCUT2D eigenvalue weighted by Gasteiger charge is 2.34. The average molecular weight is 345 g/mol. The van der Waals surface area contributed by atoms with E-state index in [-0.39, 0.29) is 11.8 Å². The molecule has 0 atom stereocenters. The number of benzene rings is 1. The molecule has 1 aromatic carbocycles. The fourth-order valence-electron chi connectivity index (χ4n) is 1.75. The number of nitrogens with zero attached hydrogens (tertiary/aromatic N) is 2. The molecule has 2 N–H and O–H groups in total. The van der Waals surface area contributed by atoms with Crippen LogP contribution in [0.5, 0.6) is 0 Å². The van der Waals surface area contributed by atoms with E-state index >= 15 is 0 Å². The van der Waals surface area contributed by atoms with Gasteiger partial charge in [-0.3, -0.25) is 0 Å². The molecule has 1 heterocycles. The molecule has 0 spiro atoms. The molecule has 0 aliphatic heterocycles. The summed E-state index contributed by atoms with van der Waals surface area (Å²) in [6.07, 6.45) is -4.58. The molecular weight excluding hydrogens is 329 g/mol. The van der Waals surface area contributed by atoms with Crippen molar-refractivity contribution >= 4 is 29.1 Å². The number of para-hydroxylation sites is 1. The Morgan fingerprint density at radius 2 is 1.70 bits per heavy atom. The molecule has 0 radical (unpaired) electrons. The molecule has 0 saturated heterocycles. The molecule has 4 nitrogen and oxygen atoms in total. The van der Waals surface area contributed by atoms with Crippen molar-refractivity contribution in [2.45, 2.75) is 32.5 Å². The van der Waals surface area contributed by atoms with E-state index < -0.39 is 17.4 Å². The van der Waals surface area contributed by atoms with Crippen LogP contribution < -0.4 is 10.6 Å². The molecule has 1 aromatic heterocycles. The lowest BCUT2D eigenvalue weighted by Crippen LogP contribution is -2.28. The molecule has 124 valence electrons. The third-order valence-corrected chi connectivity index (χ3v) is 2.97. The van der Waals surface area contributed by atoms with Crippen molar-refractivity contribution in [3.8, 4) is 0 Å². The van der Waals surface area contributed by atoms with Crippen LogP contribution in [0.25, 0.3) is 0 Å². The zero-order chi connectivity index (χ0) is 17.3. The third-order valence-electron chi connectivity index (χ3n) is 2.64. The van der Waals surface area contributed by atoms with Crippen LogP contribution in [0.1, 0.15) is 26.5 Å². The van der Waals surface area contributed by atoms with E-state index in [9.17, 15) is 13.2 Å². The fraction of sp³-hybridized carbons (Fsp3) is 0.333. The predicted molar refractivity (Wildman–Crippen MR) is 85.1 cm³/mol. The van der Waals surface area contributed by atoms with Crippen molar-refractivity contribution in [2.75, 3.05) is 10.6 Å². The van der Waals surface area contributed by atoms with Gasteiger partial charge in [-0.2, -0.15) is 18.2 Å². The van der Waals surface area contributed by atoms with E-state index in [0.29, 0.717) is 10.7 Å². The van der Waals surface area contributed by atoms with Gasteiger partial charge in [0.25, 0.3) is 0 Å². The van der Waals surface area contributed by atoms with Crippen LogP contribution in [0.3, 0.4) is 0 Å². The van der Waals surface area contributed by atoms with E-state index in [1.54, 1.807) is 45.0 Å². The Morgan fingerprint density at radius 3 is 2.26 bits per heavy atom. The molecule has 0 fully saturated rings. The lowest BCUT2D eigenvalue weighted by Gasteiger charge is -2.21. The number of aromatic nitrogens is 2. The number of rotatable bonds is 3. The van der Waals surface area contributed by atoms with Crippen molar-refractivity contribution in [3.63, 3.8) is 0 Å².